The van der Waals surface area contributed by atoms with Gasteiger partial charge in [0.25, 0.3) is 0 Å². The molecule has 0 aromatic rings. The van der Waals surface area contributed by atoms with E-state index in [1.807, 2.05) is 19.9 Å². The molecule has 0 aromatic heterocycles. The summed E-state index contributed by atoms with van der Waals surface area (Å²) in [5, 5.41) is 24.2. The summed E-state index contributed by atoms with van der Waals surface area (Å²) in [7, 11) is 4.88. The van der Waals surface area contributed by atoms with Crippen LogP contribution in [0.15, 0.2) is 58.2 Å². The summed E-state index contributed by atoms with van der Waals surface area (Å²) in [6, 6.07) is 0. The van der Waals surface area contributed by atoms with E-state index in [0.29, 0.717) is 49.2 Å². The average Bonchev–Trinajstić information content (AvgIpc) is 3.68. The second-order valence-corrected chi connectivity index (χ2v) is 21.9. The summed E-state index contributed by atoms with van der Waals surface area (Å²) in [6.45, 7) is 13.6. The van der Waals surface area contributed by atoms with Crippen molar-refractivity contribution in [3.8, 4) is 0 Å². The normalized spacial score (nSPS) is 49.4. The molecule has 4 aliphatic carbocycles. The lowest BCUT2D eigenvalue weighted by Crippen LogP contribution is -2.61. The number of ether oxygens (including phenoxy) is 12. The van der Waals surface area contributed by atoms with Gasteiger partial charge in [0.1, 0.15) is 42.0 Å². The molecule has 21 atom stereocenters. The molecular weight excluding hydrogens is 889 g/mol. The highest BCUT2D eigenvalue weighted by molar-refractivity contribution is 5.78. The molecule has 15 heteroatoms. The Balaban J connectivity index is 0.965. The first-order valence-electron chi connectivity index (χ1n) is 25.9. The summed E-state index contributed by atoms with van der Waals surface area (Å²) < 4.78 is 77.0. The van der Waals surface area contributed by atoms with Crippen LogP contribution in [0.3, 0.4) is 0 Å². The predicted octanol–water partition coefficient (Wildman–Crippen LogP) is 6.70. The number of rotatable bonds is 10. The van der Waals surface area contributed by atoms with Crippen LogP contribution in [-0.2, 0) is 61.6 Å². The van der Waals surface area contributed by atoms with Crippen molar-refractivity contribution in [3.05, 3.63) is 65.0 Å². The molecule has 0 amide bonds. The van der Waals surface area contributed by atoms with Gasteiger partial charge >= 0.3 is 5.97 Å². The molecule has 383 valence electrons. The summed E-state index contributed by atoms with van der Waals surface area (Å²) >= 11 is 0. The molecule has 15 nitrogen and oxygen atoms in total. The molecule has 2 saturated carbocycles. The van der Waals surface area contributed by atoms with Crippen molar-refractivity contribution in [1.29, 1.82) is 0 Å². The van der Waals surface area contributed by atoms with E-state index in [2.05, 4.69) is 39.0 Å². The van der Waals surface area contributed by atoms with Crippen molar-refractivity contribution < 1.29 is 71.8 Å². The Kier molecular flexibility index (Phi) is 14.7. The molecule has 2 N–H and O–H groups in total. The number of hydrogen-bond acceptors (Lipinski definition) is 15. The predicted molar refractivity (Wildman–Crippen MR) is 249 cm³/mol. The molecule has 2 bridgehead atoms. The fraction of sp³-hybridized carbons (Fsp3) is 0.778. The Bertz CT molecular complexity index is 2040. The largest absolute Gasteiger partial charge is 0.461 e. The lowest BCUT2D eigenvalue weighted by molar-refractivity contribution is -0.322. The monoisotopic (exact) mass is 966 g/mol. The van der Waals surface area contributed by atoms with Gasteiger partial charge in [-0.05, 0) is 82.1 Å². The zero-order chi connectivity index (χ0) is 48.5. The van der Waals surface area contributed by atoms with E-state index in [-0.39, 0.29) is 73.0 Å². The highest BCUT2D eigenvalue weighted by atomic mass is 16.7. The maximum atomic E-state index is 14.8. The van der Waals surface area contributed by atoms with Crippen LogP contribution in [0.5, 0.6) is 0 Å². The van der Waals surface area contributed by atoms with E-state index in [4.69, 9.17) is 56.8 Å². The Morgan fingerprint density at radius 2 is 1.57 bits per heavy atom. The first-order chi connectivity index (χ1) is 33.2. The highest BCUT2D eigenvalue weighted by Gasteiger charge is 2.62. The smallest absolute Gasteiger partial charge is 0.316 e. The minimum Gasteiger partial charge on any atom is -0.461 e. The molecule has 0 aromatic carbocycles. The number of carbonyl (C=O) groups excluding carboxylic acids is 1. The standard InChI is InChI=1S/C54H77O15/c1-27-17-18-53(69-47(27)33-13-11-10-12-14-33)24-43-38-20-37-35(16-15-34-25-61-51-46(55)28(2)19-39(52(56)65-43)54(34,51)57)29(3)48(30(4)36(37)21-40(38)68-53)66-44-23-42(60-9)50(32(6)64-44)67-45-22-41(59-8)49(31(5)63-45)62-26-58-7/h15-19,26-27,29,31-33,37-51,55,57H,10-14,20-25H2,1-9H3/b34-15+,35-16-/t27-,29?,31-,32-,37?,38?,39-,40+,41-,42-,43+,44?,45-,46+,47-,48-,49?,50-,51+,53+,54+/m0/s1. The van der Waals surface area contributed by atoms with Gasteiger partial charge in [-0.1, -0.05) is 68.6 Å². The third-order valence-corrected chi connectivity index (χ3v) is 17.9. The van der Waals surface area contributed by atoms with Crippen LogP contribution in [-0.4, -0.2) is 141 Å². The van der Waals surface area contributed by atoms with E-state index in [1.54, 1.807) is 27.2 Å². The minimum atomic E-state index is -1.82. The molecule has 4 saturated heterocycles. The number of carbonyl (C=O) groups is 1. The van der Waals surface area contributed by atoms with Crippen LogP contribution in [0, 0.1) is 42.3 Å². The number of esters is 1. The zero-order valence-electron chi connectivity index (χ0n) is 42.0. The average molecular weight is 966 g/mol. The van der Waals surface area contributed by atoms with Gasteiger partial charge in [0.15, 0.2) is 18.4 Å². The summed E-state index contributed by atoms with van der Waals surface area (Å²) in [4.78, 5) is 14.8. The summed E-state index contributed by atoms with van der Waals surface area (Å²) in [6.07, 6.45) is 11.7. The molecule has 1 radical (unpaired) electrons. The molecule has 10 aliphatic rings. The maximum absolute atomic E-state index is 14.8. The molecule has 69 heavy (non-hydrogen) atoms. The van der Waals surface area contributed by atoms with Gasteiger partial charge in [0.2, 0.25) is 6.79 Å². The van der Waals surface area contributed by atoms with E-state index >= 15 is 0 Å². The van der Waals surface area contributed by atoms with Gasteiger partial charge < -0.3 is 67.1 Å². The zero-order valence-corrected chi connectivity index (χ0v) is 42.0. The SMILES string of the molecule is CO[CH]OC1[C@H](C)O[C@@H](O[C@H]2[C@H](C)OC(O[C@@H]3C(C)=C4C[C@H]5O[C@@]6(C=C[C@H](C)[C@@H](C7CCCCC7)O6)C[C@H]6OC(=O)[C@@H]7C=C(C)[C@@H](O)[C@H]8OC/C(=C\C=C(/C4CC65)C3C)[C@]87O)C[C@@H]2OC)C[C@@H]1OC. The lowest BCUT2D eigenvalue weighted by Gasteiger charge is -2.55. The van der Waals surface area contributed by atoms with Crippen molar-refractivity contribution in [2.45, 2.75) is 203 Å². The van der Waals surface area contributed by atoms with Gasteiger partial charge in [-0.15, -0.1) is 0 Å². The van der Waals surface area contributed by atoms with Crippen LogP contribution in [0.25, 0.3) is 0 Å². The van der Waals surface area contributed by atoms with Gasteiger partial charge in [-0.25, -0.2) is 0 Å². The number of aliphatic hydroxyl groups is 2. The Morgan fingerprint density at radius 1 is 0.855 bits per heavy atom. The third kappa shape index (κ3) is 9.13. The van der Waals surface area contributed by atoms with E-state index < -0.39 is 66.4 Å². The third-order valence-electron chi connectivity index (χ3n) is 17.9. The number of methoxy groups -OCH3 is 3. The molecule has 6 aliphatic heterocycles. The van der Waals surface area contributed by atoms with Crippen LogP contribution in [0.1, 0.15) is 106 Å². The molecule has 1 spiro atoms. The minimum absolute atomic E-state index is 0.00130. The summed E-state index contributed by atoms with van der Waals surface area (Å²) in [5.41, 5.74) is 2.80. The fourth-order valence-corrected chi connectivity index (χ4v) is 14.1. The topological polar surface area (TPSA) is 168 Å². The van der Waals surface area contributed by atoms with Crippen molar-refractivity contribution in [2.24, 2.45) is 35.5 Å². The van der Waals surface area contributed by atoms with E-state index in [1.165, 1.54) is 38.7 Å². The van der Waals surface area contributed by atoms with Gasteiger partial charge in [-0.3, -0.25) is 4.79 Å². The first-order valence-corrected chi connectivity index (χ1v) is 25.9. The van der Waals surface area contributed by atoms with Gasteiger partial charge in [0, 0.05) is 64.3 Å². The Labute approximate surface area is 408 Å². The van der Waals surface area contributed by atoms with Crippen molar-refractivity contribution in [2.75, 3.05) is 27.9 Å². The lowest BCUT2D eigenvalue weighted by atomic mass is 9.61. The van der Waals surface area contributed by atoms with Crippen LogP contribution < -0.4 is 0 Å². The molecule has 5 unspecified atom stereocenters. The van der Waals surface area contributed by atoms with Gasteiger partial charge in [0.05, 0.1) is 49.3 Å². The Hall–Kier alpha value is -2.35. The number of hydrogen-bond donors (Lipinski definition) is 2. The fourth-order valence-electron chi connectivity index (χ4n) is 14.1. The molecule has 6 fully saturated rings. The van der Waals surface area contributed by atoms with E-state index in [9.17, 15) is 15.0 Å². The van der Waals surface area contributed by atoms with Gasteiger partial charge in [-0.2, -0.15) is 0 Å². The number of allylic oxidation sites excluding steroid dienone is 2. The van der Waals surface area contributed by atoms with Crippen molar-refractivity contribution >= 4 is 5.97 Å². The Morgan fingerprint density at radius 3 is 2.29 bits per heavy atom. The van der Waals surface area contributed by atoms with Crippen LogP contribution >= 0.6 is 0 Å². The maximum Gasteiger partial charge on any atom is 0.316 e. The van der Waals surface area contributed by atoms with Crippen molar-refractivity contribution in [1.82, 2.24) is 0 Å². The molecule has 6 heterocycles. The summed E-state index contributed by atoms with van der Waals surface area (Å²) in [5.74, 6) is -2.32. The van der Waals surface area contributed by atoms with E-state index in [0.717, 1.165) is 24.0 Å². The second-order valence-electron chi connectivity index (χ2n) is 21.9. The first kappa shape index (κ1) is 50.2. The second kappa shape index (κ2) is 20.2. The van der Waals surface area contributed by atoms with Crippen molar-refractivity contribution in [3.63, 3.8) is 0 Å². The number of aliphatic hydroxyl groups excluding tert-OH is 1. The molecule has 10 rings (SSSR count). The quantitative estimate of drug-likeness (QED) is 0.175. The van der Waals surface area contributed by atoms with Crippen LogP contribution in [0.2, 0.25) is 0 Å². The molecular formula is C54H77O15. The van der Waals surface area contributed by atoms with Crippen LogP contribution in [0.4, 0.5) is 0 Å². The highest BCUT2D eigenvalue weighted by Crippen LogP contribution is 2.56.